The molecule has 23 heteroatoms. The number of hydrogen-bond acceptors (Lipinski definition) is 16. The molecule has 2 N–H and O–H groups in total. The summed E-state index contributed by atoms with van der Waals surface area (Å²) in [6, 6.07) is 0. The number of hydrogen-bond donors (Lipinski definition) is 2. The van der Waals surface area contributed by atoms with E-state index in [4.69, 9.17) is 9.26 Å². The molecule has 0 aromatic carbocycles. The molecule has 3 atom stereocenters. The molecular formula is C18H20BrN7O11S4. The molecule has 2 aromatic heterocycles. The van der Waals surface area contributed by atoms with Crippen LogP contribution < -0.4 is 9.50 Å². The lowest BCUT2D eigenvalue weighted by Gasteiger charge is -2.55. The number of nitrogens with one attached hydrogen (secondary N) is 1. The van der Waals surface area contributed by atoms with Gasteiger partial charge in [0.05, 0.1) is 6.26 Å². The van der Waals surface area contributed by atoms with E-state index in [0.717, 1.165) is 35.5 Å². The number of halogens is 1. The largest absolute Gasteiger partial charge is 0.477 e. The van der Waals surface area contributed by atoms with Gasteiger partial charge in [0, 0.05) is 31.9 Å². The molecule has 2 amide bonds. The van der Waals surface area contributed by atoms with Crippen molar-refractivity contribution in [3.05, 3.63) is 21.5 Å². The van der Waals surface area contributed by atoms with Crippen LogP contribution >= 0.6 is 39.5 Å². The fraction of sp³-hybridized carbons (Fsp3) is 0.500. The van der Waals surface area contributed by atoms with Crippen molar-refractivity contribution in [2.45, 2.75) is 21.5 Å². The van der Waals surface area contributed by atoms with Crippen molar-refractivity contribution in [3.63, 3.8) is 0 Å². The van der Waals surface area contributed by atoms with Gasteiger partial charge in [0.1, 0.15) is 15.5 Å². The van der Waals surface area contributed by atoms with E-state index < -0.39 is 65.7 Å². The molecule has 2 aromatic rings. The van der Waals surface area contributed by atoms with Gasteiger partial charge < -0.3 is 23.9 Å². The zero-order valence-electron chi connectivity index (χ0n) is 21.3. The van der Waals surface area contributed by atoms with Crippen LogP contribution in [0.4, 0.5) is 0 Å². The monoisotopic (exact) mass is 717 g/mol. The van der Waals surface area contributed by atoms with Crippen molar-refractivity contribution in [1.29, 1.82) is 0 Å². The molecule has 1 unspecified atom stereocenters. The number of thioether (sulfide) groups is 2. The predicted octanol–water partition coefficient (Wildman–Crippen LogP) is -1.11. The Morgan fingerprint density at radius 3 is 2.56 bits per heavy atom. The van der Waals surface area contributed by atoms with Gasteiger partial charge in [-0.2, -0.15) is 8.42 Å². The molecule has 2 aliphatic rings. The lowest BCUT2D eigenvalue weighted by molar-refractivity contribution is -0.192. The van der Waals surface area contributed by atoms with Crippen molar-refractivity contribution in [2.75, 3.05) is 31.1 Å². The number of carbonyl (C=O) groups excluding carboxylic acids is 2. The first-order chi connectivity index (χ1) is 19.0. The fourth-order valence-corrected chi connectivity index (χ4v) is 8.48. The Kier molecular flexibility index (Phi) is 8.50. The van der Waals surface area contributed by atoms with E-state index in [-0.39, 0.29) is 21.7 Å². The number of aromatic nitrogens is 5. The highest BCUT2D eigenvalue weighted by Gasteiger charge is 2.67. The maximum atomic E-state index is 13.4. The van der Waals surface area contributed by atoms with Crippen LogP contribution in [0.5, 0.6) is 5.88 Å². The third kappa shape index (κ3) is 5.82. The summed E-state index contributed by atoms with van der Waals surface area (Å²) >= 11 is 5.17. The molecule has 18 nitrogen and oxygen atoms in total. The minimum absolute atomic E-state index is 0.116. The van der Waals surface area contributed by atoms with Gasteiger partial charge >= 0.3 is 16.1 Å². The van der Waals surface area contributed by atoms with E-state index in [9.17, 15) is 36.3 Å². The predicted molar refractivity (Wildman–Crippen MR) is 142 cm³/mol. The number of sulfone groups is 1. The lowest BCUT2D eigenvalue weighted by atomic mass is 9.98. The van der Waals surface area contributed by atoms with Crippen LogP contribution in [0.1, 0.15) is 11.0 Å². The van der Waals surface area contributed by atoms with Crippen LogP contribution in [0, 0.1) is 0 Å². The number of β-lactam (4-membered cyclic amide) rings is 1. The Labute approximate surface area is 248 Å². The summed E-state index contributed by atoms with van der Waals surface area (Å²) in [6.45, 7) is 0. The summed E-state index contributed by atoms with van der Waals surface area (Å²) in [7, 11) is -5.74. The molecular weight excluding hydrogens is 698 g/mol. The lowest BCUT2D eigenvalue weighted by Crippen LogP contribution is -2.81. The molecule has 2 aliphatic heterocycles. The maximum absolute atomic E-state index is 13.4. The Bertz CT molecular complexity index is 1670. The Morgan fingerprint density at radius 2 is 2.02 bits per heavy atom. The number of methoxy groups -OCH3 is 1. The van der Waals surface area contributed by atoms with E-state index in [1.54, 1.807) is 7.05 Å². The number of aryl methyl sites for hydroxylation is 1. The molecule has 4 heterocycles. The standard InChI is InChI=1S/C18H20BrN7O11S4/c1-25-17(21-23-24-25)39-6-7-5-38-16-18(35-2,15(30)26(16)9(7)14(28)29)20-12(27)11(40(3,31)32)10-8(19)13(22-36-10)37-41(4,33)34/h11,16H,5-6H2,1-4H3,(H,20,27)(H,28,29)/t11?,16-,18-/m0/s1. The Morgan fingerprint density at radius 1 is 1.34 bits per heavy atom. The number of tetrazole rings is 1. The normalized spacial score (nSPS) is 21.7. The first-order valence-corrected chi connectivity index (χ1v) is 17.5. The summed E-state index contributed by atoms with van der Waals surface area (Å²) in [5.41, 5.74) is -2.08. The number of fused-ring (bicyclic) bond motifs is 1. The van der Waals surface area contributed by atoms with E-state index >= 15 is 0 Å². The number of amides is 2. The van der Waals surface area contributed by atoms with Gasteiger partial charge in [0.25, 0.3) is 17.5 Å². The van der Waals surface area contributed by atoms with E-state index in [0.29, 0.717) is 23.2 Å². The molecule has 4 rings (SSSR count). The van der Waals surface area contributed by atoms with Crippen LogP contribution in [0.3, 0.4) is 0 Å². The van der Waals surface area contributed by atoms with Gasteiger partial charge in [-0.05, 0) is 37.1 Å². The first-order valence-electron chi connectivity index (χ1n) is 10.9. The second-order valence-corrected chi connectivity index (χ2v) is 15.1. The van der Waals surface area contributed by atoms with Gasteiger partial charge in [0.2, 0.25) is 16.3 Å². The summed E-state index contributed by atoms with van der Waals surface area (Å²) < 4.78 is 64.3. The van der Waals surface area contributed by atoms with E-state index in [2.05, 4.69) is 46.1 Å². The summed E-state index contributed by atoms with van der Waals surface area (Å²) in [4.78, 5) is 40.0. The smallest absolute Gasteiger partial charge is 0.352 e. The topological polar surface area (TPSA) is 243 Å². The number of nitrogens with zero attached hydrogens (tertiary/aromatic N) is 6. The highest BCUT2D eigenvalue weighted by Crippen LogP contribution is 2.48. The van der Waals surface area contributed by atoms with Crippen LogP contribution in [0.25, 0.3) is 0 Å². The van der Waals surface area contributed by atoms with Crippen molar-refractivity contribution < 1.29 is 49.8 Å². The van der Waals surface area contributed by atoms with Crippen molar-refractivity contribution in [2.24, 2.45) is 7.05 Å². The average molecular weight is 719 g/mol. The summed E-state index contributed by atoms with van der Waals surface area (Å²) in [5.74, 6) is -4.68. The van der Waals surface area contributed by atoms with E-state index in [1.807, 2.05) is 0 Å². The van der Waals surface area contributed by atoms with Crippen molar-refractivity contribution in [3.8, 4) is 5.88 Å². The van der Waals surface area contributed by atoms with Crippen LogP contribution in [0.2, 0.25) is 0 Å². The number of carboxylic acids is 1. The fourth-order valence-electron chi connectivity index (χ4n) is 3.94. The molecule has 0 bridgehead atoms. The number of carboxylic acid groups (broad SMARTS) is 1. The number of carbonyl (C=O) groups is 3. The highest BCUT2D eigenvalue weighted by molar-refractivity contribution is 9.10. The van der Waals surface area contributed by atoms with Crippen molar-refractivity contribution in [1.82, 2.24) is 35.6 Å². The first kappa shape index (κ1) is 31.2. The molecule has 0 spiro atoms. The third-order valence-corrected chi connectivity index (χ3v) is 10.6. The molecule has 0 radical (unpaired) electrons. The molecule has 1 fully saturated rings. The van der Waals surface area contributed by atoms with Gasteiger partial charge in [0.15, 0.2) is 15.6 Å². The molecule has 0 saturated carbocycles. The highest BCUT2D eigenvalue weighted by atomic mass is 79.9. The number of rotatable bonds is 11. The minimum Gasteiger partial charge on any atom is -0.477 e. The summed E-state index contributed by atoms with van der Waals surface area (Å²) in [6.07, 6.45) is 1.42. The number of ether oxygens (including phenoxy) is 1. The zero-order valence-corrected chi connectivity index (χ0v) is 26.1. The Hall–Kier alpha value is -2.73. The number of aliphatic carboxylic acids is 1. The molecule has 224 valence electrons. The maximum Gasteiger partial charge on any atom is 0.352 e. The average Bonchev–Trinajstić information content (AvgIpc) is 3.43. The van der Waals surface area contributed by atoms with Gasteiger partial charge in [-0.3, -0.25) is 14.5 Å². The van der Waals surface area contributed by atoms with Gasteiger partial charge in [-0.1, -0.05) is 11.8 Å². The zero-order chi connectivity index (χ0) is 30.5. The van der Waals surface area contributed by atoms with E-state index in [1.165, 1.54) is 4.68 Å². The van der Waals surface area contributed by atoms with Crippen molar-refractivity contribution >= 4 is 77.2 Å². The quantitative estimate of drug-likeness (QED) is 0.121. The molecule has 0 aliphatic carbocycles. The van der Waals surface area contributed by atoms with Gasteiger partial charge in [-0.15, -0.1) is 16.9 Å². The minimum atomic E-state index is -4.34. The second kappa shape index (κ2) is 11.2. The van der Waals surface area contributed by atoms with Crippen LogP contribution in [-0.4, -0.2) is 112 Å². The van der Waals surface area contributed by atoms with Gasteiger partial charge in [-0.25, -0.2) is 17.9 Å². The Balaban J connectivity index is 1.63. The van der Waals surface area contributed by atoms with Crippen LogP contribution in [0.15, 0.2) is 25.4 Å². The third-order valence-electron chi connectivity index (χ3n) is 5.67. The second-order valence-electron chi connectivity index (χ2n) is 8.56. The molecule has 1 saturated heterocycles. The SMILES string of the molecule is CO[C@@]1(NC(=O)C(c2onc(OS(C)(=O)=O)c2Br)S(C)(=O)=O)C(=O)N2C(C(=O)O)=C(CSc3nnnn3C)CS[C@H]21. The summed E-state index contributed by atoms with van der Waals surface area (Å²) in [5, 5.41) is 23.8. The van der Waals surface area contributed by atoms with Crippen LogP contribution in [-0.2, 0) is 46.1 Å². The molecule has 41 heavy (non-hydrogen) atoms.